The molecule has 1 saturated heterocycles. The summed E-state index contributed by atoms with van der Waals surface area (Å²) in [4.78, 5) is 11.2. The van der Waals surface area contributed by atoms with Crippen LogP contribution in [0.3, 0.4) is 0 Å². The minimum absolute atomic E-state index is 0.748. The van der Waals surface area contributed by atoms with Crippen molar-refractivity contribution in [3.05, 3.63) is 18.6 Å². The van der Waals surface area contributed by atoms with Crippen LogP contribution in [-0.2, 0) is 4.74 Å². The zero-order valence-corrected chi connectivity index (χ0v) is 9.76. The molecule has 1 aliphatic rings. The molecule has 17 heavy (non-hydrogen) atoms. The molecular weight excluding hydrogens is 218 g/mol. The predicted molar refractivity (Wildman–Crippen MR) is 65.6 cm³/mol. The van der Waals surface area contributed by atoms with Crippen LogP contribution in [0.15, 0.2) is 18.6 Å². The first-order valence-corrected chi connectivity index (χ1v) is 5.72. The third kappa shape index (κ3) is 1.80. The Hall–Kier alpha value is -1.82. The first-order valence-electron chi connectivity index (χ1n) is 5.72. The molecule has 0 amide bonds. The van der Waals surface area contributed by atoms with E-state index in [1.807, 2.05) is 23.8 Å². The summed E-state index contributed by atoms with van der Waals surface area (Å²) in [7, 11) is 1.87. The molecule has 0 saturated carbocycles. The summed E-state index contributed by atoms with van der Waals surface area (Å²) >= 11 is 0. The molecule has 6 nitrogen and oxygen atoms in total. The number of nitrogens with zero attached hydrogens (tertiary/aromatic N) is 4. The van der Waals surface area contributed by atoms with Gasteiger partial charge in [0.2, 0.25) is 0 Å². The topological polar surface area (TPSA) is 54.7 Å². The van der Waals surface area contributed by atoms with Crippen LogP contribution in [0.2, 0.25) is 0 Å². The third-order valence-corrected chi connectivity index (χ3v) is 2.92. The number of anilines is 2. The van der Waals surface area contributed by atoms with Crippen molar-refractivity contribution in [2.45, 2.75) is 0 Å². The molecule has 0 atom stereocenters. The van der Waals surface area contributed by atoms with Crippen LogP contribution in [0.5, 0.6) is 0 Å². The molecule has 0 unspecified atom stereocenters. The van der Waals surface area contributed by atoms with E-state index in [0.717, 1.165) is 43.6 Å². The van der Waals surface area contributed by atoms with Gasteiger partial charge in [-0.25, -0.2) is 9.97 Å². The number of morpholine rings is 1. The average Bonchev–Trinajstić information content (AvgIpc) is 2.86. The van der Waals surface area contributed by atoms with Gasteiger partial charge in [-0.05, 0) is 0 Å². The largest absolute Gasteiger partial charge is 0.378 e. The lowest BCUT2D eigenvalue weighted by Crippen LogP contribution is -2.37. The molecule has 0 radical (unpaired) electrons. The molecule has 0 aliphatic carbocycles. The molecule has 1 fully saturated rings. The van der Waals surface area contributed by atoms with Crippen molar-refractivity contribution >= 4 is 17.3 Å². The number of aromatic nitrogens is 3. The number of hydrogen-bond donors (Lipinski definition) is 1. The lowest BCUT2D eigenvalue weighted by Gasteiger charge is -2.28. The Labute approximate surface area is 99.2 Å². The Morgan fingerprint density at radius 3 is 2.94 bits per heavy atom. The number of hydrogen-bond acceptors (Lipinski definition) is 5. The monoisotopic (exact) mass is 233 g/mol. The molecule has 0 spiro atoms. The van der Waals surface area contributed by atoms with Gasteiger partial charge >= 0.3 is 0 Å². The second-order valence-corrected chi connectivity index (χ2v) is 3.96. The molecule has 1 aliphatic heterocycles. The molecular formula is C11H15N5O. The minimum atomic E-state index is 0.748. The number of nitrogens with one attached hydrogen (secondary N) is 1. The minimum Gasteiger partial charge on any atom is -0.378 e. The quantitative estimate of drug-likeness (QED) is 0.823. The Morgan fingerprint density at radius 2 is 2.18 bits per heavy atom. The fraction of sp³-hybridized carbons (Fsp3) is 0.455. The van der Waals surface area contributed by atoms with Crippen molar-refractivity contribution in [3.63, 3.8) is 0 Å². The second kappa shape index (κ2) is 4.21. The summed E-state index contributed by atoms with van der Waals surface area (Å²) in [6.45, 7) is 3.22. The number of rotatable bonds is 2. The number of ether oxygens (including phenoxy) is 1. The van der Waals surface area contributed by atoms with E-state index in [0.29, 0.717) is 0 Å². The van der Waals surface area contributed by atoms with E-state index in [9.17, 15) is 0 Å². The normalized spacial score (nSPS) is 16.4. The van der Waals surface area contributed by atoms with E-state index in [1.165, 1.54) is 0 Å². The third-order valence-electron chi connectivity index (χ3n) is 2.92. The molecule has 0 bridgehead atoms. The standard InChI is InChI=1S/C11H15N5O/c1-12-9-8-16-3-2-13-10(16)11(14-9)15-4-6-17-7-5-15/h2-3,8,12H,4-7H2,1H3. The van der Waals surface area contributed by atoms with Crippen molar-refractivity contribution in [1.29, 1.82) is 0 Å². The zero-order chi connectivity index (χ0) is 11.7. The van der Waals surface area contributed by atoms with Gasteiger partial charge in [-0.1, -0.05) is 0 Å². The molecule has 2 aromatic rings. The van der Waals surface area contributed by atoms with Gasteiger partial charge in [0, 0.05) is 32.5 Å². The predicted octanol–water partition coefficient (Wildman–Crippen LogP) is 0.608. The lowest BCUT2D eigenvalue weighted by molar-refractivity contribution is 0.122. The smallest absolute Gasteiger partial charge is 0.180 e. The van der Waals surface area contributed by atoms with Crippen molar-refractivity contribution < 1.29 is 4.74 Å². The molecule has 3 heterocycles. The summed E-state index contributed by atoms with van der Waals surface area (Å²) < 4.78 is 7.35. The van der Waals surface area contributed by atoms with Gasteiger partial charge < -0.3 is 19.4 Å². The van der Waals surface area contributed by atoms with E-state index >= 15 is 0 Å². The van der Waals surface area contributed by atoms with Crippen LogP contribution < -0.4 is 10.2 Å². The summed E-state index contributed by atoms with van der Waals surface area (Å²) in [6.07, 6.45) is 5.66. The maximum atomic E-state index is 5.36. The first-order chi connectivity index (χ1) is 8.38. The Balaban J connectivity index is 2.08. The van der Waals surface area contributed by atoms with Crippen molar-refractivity contribution in [1.82, 2.24) is 14.4 Å². The number of imidazole rings is 1. The summed E-state index contributed by atoms with van der Waals surface area (Å²) in [5.74, 6) is 1.77. The van der Waals surface area contributed by atoms with Crippen LogP contribution in [0.25, 0.3) is 5.65 Å². The highest BCUT2D eigenvalue weighted by molar-refractivity contribution is 5.66. The molecule has 2 aromatic heterocycles. The van der Waals surface area contributed by atoms with E-state index in [4.69, 9.17) is 4.74 Å². The van der Waals surface area contributed by atoms with Gasteiger partial charge in [0.15, 0.2) is 11.5 Å². The van der Waals surface area contributed by atoms with Gasteiger partial charge in [-0.15, -0.1) is 0 Å². The van der Waals surface area contributed by atoms with Crippen LogP contribution in [0, 0.1) is 0 Å². The summed E-state index contributed by atoms with van der Waals surface area (Å²) in [6, 6.07) is 0. The Morgan fingerprint density at radius 1 is 1.35 bits per heavy atom. The van der Waals surface area contributed by atoms with Gasteiger partial charge in [0.05, 0.1) is 19.4 Å². The van der Waals surface area contributed by atoms with E-state index in [1.54, 1.807) is 6.20 Å². The van der Waals surface area contributed by atoms with Crippen LogP contribution in [-0.4, -0.2) is 47.7 Å². The molecule has 1 N–H and O–H groups in total. The van der Waals surface area contributed by atoms with Gasteiger partial charge in [-0.3, -0.25) is 0 Å². The van der Waals surface area contributed by atoms with Gasteiger partial charge in [0.25, 0.3) is 0 Å². The molecule has 6 heteroatoms. The maximum Gasteiger partial charge on any atom is 0.180 e. The highest BCUT2D eigenvalue weighted by Crippen LogP contribution is 2.21. The van der Waals surface area contributed by atoms with Gasteiger partial charge in [-0.2, -0.15) is 0 Å². The molecule has 90 valence electrons. The fourth-order valence-electron chi connectivity index (χ4n) is 2.02. The first kappa shape index (κ1) is 10.3. The SMILES string of the molecule is CNc1cn2ccnc2c(N2CCOCC2)n1. The van der Waals surface area contributed by atoms with Crippen molar-refractivity contribution in [2.75, 3.05) is 43.6 Å². The fourth-order valence-corrected chi connectivity index (χ4v) is 2.02. The van der Waals surface area contributed by atoms with Crippen molar-refractivity contribution in [2.24, 2.45) is 0 Å². The average molecular weight is 233 g/mol. The van der Waals surface area contributed by atoms with Gasteiger partial charge in [0.1, 0.15) is 5.82 Å². The van der Waals surface area contributed by atoms with Crippen LogP contribution in [0.1, 0.15) is 0 Å². The van der Waals surface area contributed by atoms with Crippen molar-refractivity contribution in [3.8, 4) is 0 Å². The second-order valence-electron chi connectivity index (χ2n) is 3.96. The summed E-state index contributed by atoms with van der Waals surface area (Å²) in [5.41, 5.74) is 0.894. The maximum absolute atomic E-state index is 5.36. The molecule has 0 aromatic carbocycles. The van der Waals surface area contributed by atoms with E-state index < -0.39 is 0 Å². The van der Waals surface area contributed by atoms with E-state index in [-0.39, 0.29) is 0 Å². The lowest BCUT2D eigenvalue weighted by atomic mass is 10.4. The highest BCUT2D eigenvalue weighted by Gasteiger charge is 2.17. The van der Waals surface area contributed by atoms with Crippen LogP contribution >= 0.6 is 0 Å². The van der Waals surface area contributed by atoms with E-state index in [2.05, 4.69) is 20.2 Å². The number of fused-ring (bicyclic) bond motifs is 1. The highest BCUT2D eigenvalue weighted by atomic mass is 16.5. The molecule has 3 rings (SSSR count). The zero-order valence-electron chi connectivity index (χ0n) is 9.76. The van der Waals surface area contributed by atoms with Crippen LogP contribution in [0.4, 0.5) is 11.6 Å². The Kier molecular flexibility index (Phi) is 2.56. The summed E-state index contributed by atoms with van der Waals surface area (Å²) in [5, 5.41) is 3.07. The Bertz CT molecular complexity index is 518.